The number of sulfonamides is 1. The summed E-state index contributed by atoms with van der Waals surface area (Å²) in [7, 11) is 1.72. The minimum absolute atomic E-state index is 0.00490. The van der Waals surface area contributed by atoms with Crippen molar-refractivity contribution in [2.45, 2.75) is 31.7 Å². The SMILES string of the molecule is COC(=O)CCCS(=O)(=O)N(C)C1CCN(C)CC1. The third-order valence-electron chi connectivity index (χ3n) is 3.65. The number of nitrogens with zero attached hydrogens (tertiary/aromatic N) is 2. The maximum Gasteiger partial charge on any atom is 0.305 e. The number of rotatable bonds is 6. The van der Waals surface area contributed by atoms with Gasteiger partial charge in [0.05, 0.1) is 12.9 Å². The summed E-state index contributed by atoms with van der Waals surface area (Å²) in [5.41, 5.74) is 0. The van der Waals surface area contributed by atoms with Crippen LogP contribution in [0.5, 0.6) is 0 Å². The Balaban J connectivity index is 2.45. The maximum absolute atomic E-state index is 12.1. The minimum Gasteiger partial charge on any atom is -0.469 e. The van der Waals surface area contributed by atoms with Crippen molar-refractivity contribution in [3.63, 3.8) is 0 Å². The van der Waals surface area contributed by atoms with Crippen LogP contribution in [0.1, 0.15) is 25.7 Å². The van der Waals surface area contributed by atoms with Crippen LogP contribution >= 0.6 is 0 Å². The fourth-order valence-electron chi connectivity index (χ4n) is 2.23. The fraction of sp³-hybridized carbons (Fsp3) is 0.917. The van der Waals surface area contributed by atoms with Gasteiger partial charge in [-0.05, 0) is 39.4 Å². The molecule has 1 rings (SSSR count). The Labute approximate surface area is 115 Å². The van der Waals surface area contributed by atoms with E-state index in [1.807, 2.05) is 7.05 Å². The third kappa shape index (κ3) is 5.08. The second-order valence-corrected chi connectivity index (χ2v) is 7.19. The summed E-state index contributed by atoms with van der Waals surface area (Å²) in [6.07, 6.45) is 2.19. The smallest absolute Gasteiger partial charge is 0.305 e. The first-order valence-corrected chi connectivity index (χ1v) is 8.19. The molecule has 0 amide bonds. The summed E-state index contributed by atoms with van der Waals surface area (Å²) in [4.78, 5) is 13.2. The van der Waals surface area contributed by atoms with Gasteiger partial charge in [0.1, 0.15) is 0 Å². The van der Waals surface area contributed by atoms with Crippen molar-refractivity contribution < 1.29 is 17.9 Å². The molecule has 1 aliphatic heterocycles. The van der Waals surface area contributed by atoms with Gasteiger partial charge in [0.2, 0.25) is 10.0 Å². The summed E-state index contributed by atoms with van der Waals surface area (Å²) >= 11 is 0. The van der Waals surface area contributed by atoms with Gasteiger partial charge in [0.15, 0.2) is 0 Å². The third-order valence-corrected chi connectivity index (χ3v) is 5.63. The van der Waals surface area contributed by atoms with E-state index in [1.54, 1.807) is 7.05 Å². The molecule has 0 N–H and O–H groups in total. The first kappa shape index (κ1) is 16.4. The number of esters is 1. The number of carbonyl (C=O) groups excluding carboxylic acids is 1. The number of carbonyl (C=O) groups is 1. The molecule has 0 aromatic carbocycles. The number of hydrogen-bond donors (Lipinski definition) is 0. The van der Waals surface area contributed by atoms with Crippen LogP contribution in [0, 0.1) is 0 Å². The van der Waals surface area contributed by atoms with Gasteiger partial charge in [-0.15, -0.1) is 0 Å². The summed E-state index contributed by atoms with van der Waals surface area (Å²) < 4.78 is 30.3. The first-order chi connectivity index (χ1) is 8.86. The van der Waals surface area contributed by atoms with Gasteiger partial charge in [0.25, 0.3) is 0 Å². The molecular weight excluding hydrogens is 268 g/mol. The van der Waals surface area contributed by atoms with Crippen molar-refractivity contribution in [2.24, 2.45) is 0 Å². The van der Waals surface area contributed by atoms with E-state index in [-0.39, 0.29) is 24.2 Å². The number of methoxy groups -OCH3 is 1. The monoisotopic (exact) mass is 292 g/mol. The highest BCUT2D eigenvalue weighted by Gasteiger charge is 2.28. The molecule has 1 aliphatic rings. The molecule has 0 aromatic rings. The molecule has 1 saturated heterocycles. The van der Waals surface area contributed by atoms with E-state index in [0.29, 0.717) is 6.42 Å². The van der Waals surface area contributed by atoms with Crippen molar-refractivity contribution in [3.8, 4) is 0 Å². The molecule has 0 aromatic heterocycles. The molecule has 0 radical (unpaired) electrons. The lowest BCUT2D eigenvalue weighted by molar-refractivity contribution is -0.140. The Bertz CT molecular complexity index is 389. The maximum atomic E-state index is 12.1. The van der Waals surface area contributed by atoms with Gasteiger partial charge in [-0.3, -0.25) is 4.79 Å². The van der Waals surface area contributed by atoms with Crippen LogP contribution in [0.4, 0.5) is 0 Å². The predicted octanol–water partition coefficient (Wildman–Crippen LogP) is 0.295. The Morgan fingerprint density at radius 3 is 2.47 bits per heavy atom. The van der Waals surface area contributed by atoms with Crippen LogP contribution in [0.3, 0.4) is 0 Å². The Kier molecular flexibility index (Phi) is 6.22. The number of ether oxygens (including phenoxy) is 1. The molecule has 0 spiro atoms. The van der Waals surface area contributed by atoms with E-state index in [4.69, 9.17) is 0 Å². The van der Waals surface area contributed by atoms with E-state index in [1.165, 1.54) is 11.4 Å². The van der Waals surface area contributed by atoms with Crippen LogP contribution in [-0.4, -0.2) is 69.7 Å². The highest BCUT2D eigenvalue weighted by atomic mass is 32.2. The summed E-state index contributed by atoms with van der Waals surface area (Å²) in [6.45, 7) is 1.85. The second-order valence-electron chi connectivity index (χ2n) is 5.05. The van der Waals surface area contributed by atoms with Gasteiger partial charge in [-0.25, -0.2) is 12.7 Å². The first-order valence-electron chi connectivity index (χ1n) is 6.58. The molecule has 7 heteroatoms. The normalized spacial score (nSPS) is 18.7. The lowest BCUT2D eigenvalue weighted by Gasteiger charge is -2.34. The molecule has 0 atom stereocenters. The van der Waals surface area contributed by atoms with Crippen LogP contribution < -0.4 is 0 Å². The molecular formula is C12H24N2O4S. The quantitative estimate of drug-likeness (QED) is 0.659. The van der Waals surface area contributed by atoms with Gasteiger partial charge in [-0.1, -0.05) is 0 Å². The average Bonchev–Trinajstić information content (AvgIpc) is 2.38. The van der Waals surface area contributed by atoms with Crippen molar-refractivity contribution in [1.82, 2.24) is 9.21 Å². The van der Waals surface area contributed by atoms with Crippen LogP contribution in [0.25, 0.3) is 0 Å². The lowest BCUT2D eigenvalue weighted by Crippen LogP contribution is -2.45. The highest BCUT2D eigenvalue weighted by molar-refractivity contribution is 7.89. The Morgan fingerprint density at radius 1 is 1.37 bits per heavy atom. The topological polar surface area (TPSA) is 66.9 Å². The van der Waals surface area contributed by atoms with Crippen molar-refractivity contribution in [2.75, 3.05) is 40.0 Å². The standard InChI is InChI=1S/C12H24N2O4S/c1-13-8-6-11(7-9-13)14(2)19(16,17)10-4-5-12(15)18-3/h11H,4-10H2,1-3H3. The molecule has 6 nitrogen and oxygen atoms in total. The van der Waals surface area contributed by atoms with Crippen LogP contribution in [-0.2, 0) is 19.6 Å². The van der Waals surface area contributed by atoms with E-state index >= 15 is 0 Å². The average molecular weight is 292 g/mol. The molecule has 19 heavy (non-hydrogen) atoms. The van der Waals surface area contributed by atoms with Gasteiger partial charge < -0.3 is 9.64 Å². The highest BCUT2D eigenvalue weighted by Crippen LogP contribution is 2.18. The zero-order valence-corrected chi connectivity index (χ0v) is 12.8. The van der Waals surface area contributed by atoms with Crippen molar-refractivity contribution in [1.29, 1.82) is 0 Å². The van der Waals surface area contributed by atoms with Crippen molar-refractivity contribution in [3.05, 3.63) is 0 Å². The molecule has 0 saturated carbocycles. The second kappa shape index (κ2) is 7.21. The minimum atomic E-state index is -3.27. The van der Waals surface area contributed by atoms with Gasteiger partial charge in [0, 0.05) is 19.5 Å². The number of piperidine rings is 1. The predicted molar refractivity (Wildman–Crippen MR) is 73.3 cm³/mol. The number of likely N-dealkylation sites (tertiary alicyclic amines) is 1. The molecule has 0 unspecified atom stereocenters. The van der Waals surface area contributed by atoms with Gasteiger partial charge >= 0.3 is 5.97 Å². The molecule has 1 fully saturated rings. The van der Waals surface area contributed by atoms with E-state index in [0.717, 1.165) is 25.9 Å². The van der Waals surface area contributed by atoms with Crippen LogP contribution in [0.2, 0.25) is 0 Å². The summed E-state index contributed by atoms with van der Waals surface area (Å²) in [6, 6.07) is 0.0827. The van der Waals surface area contributed by atoms with Crippen LogP contribution in [0.15, 0.2) is 0 Å². The Morgan fingerprint density at radius 2 is 1.95 bits per heavy atom. The van der Waals surface area contributed by atoms with E-state index < -0.39 is 10.0 Å². The van der Waals surface area contributed by atoms with E-state index in [2.05, 4.69) is 9.64 Å². The molecule has 0 aliphatic carbocycles. The van der Waals surface area contributed by atoms with Gasteiger partial charge in [-0.2, -0.15) is 0 Å². The molecule has 0 bridgehead atoms. The lowest BCUT2D eigenvalue weighted by atomic mass is 10.1. The Hall–Kier alpha value is -0.660. The zero-order valence-electron chi connectivity index (χ0n) is 12.0. The van der Waals surface area contributed by atoms with E-state index in [9.17, 15) is 13.2 Å². The molecule has 112 valence electrons. The largest absolute Gasteiger partial charge is 0.469 e. The zero-order chi connectivity index (χ0) is 14.5. The summed E-state index contributed by atoms with van der Waals surface area (Å²) in [5.74, 6) is -0.359. The molecule has 1 heterocycles. The van der Waals surface area contributed by atoms with Crippen molar-refractivity contribution >= 4 is 16.0 Å². The fourth-order valence-corrected chi connectivity index (χ4v) is 3.69. The summed E-state index contributed by atoms with van der Waals surface area (Å²) in [5, 5.41) is 0. The number of hydrogen-bond acceptors (Lipinski definition) is 5.